The molecule has 280 valence electrons. The van der Waals surface area contributed by atoms with Crippen LogP contribution in [0.5, 0.6) is 0 Å². The van der Waals surface area contributed by atoms with Gasteiger partial charge in [-0.2, -0.15) is 27.7 Å². The van der Waals surface area contributed by atoms with Crippen molar-refractivity contribution in [1.29, 1.82) is 0 Å². The fraction of sp³-hybridized carbons (Fsp3) is 0.905. The summed E-state index contributed by atoms with van der Waals surface area (Å²) < 4.78 is 0. The van der Waals surface area contributed by atoms with Crippen molar-refractivity contribution in [3.63, 3.8) is 0 Å². The second kappa shape index (κ2) is 57.9. The number of rotatable bonds is 32. The molecule has 0 N–H and O–H groups in total. The van der Waals surface area contributed by atoms with Crippen LogP contribution in [0.2, 0.25) is 0 Å². The van der Waals surface area contributed by atoms with Gasteiger partial charge in [-0.3, -0.25) is 0 Å². The third kappa shape index (κ3) is 76.8. The molecule has 0 aliphatic heterocycles. The number of carbonyl (C=O) groups excluding carboxylic acids is 2. The molecular weight excluding hydrogens is 616 g/mol. The summed E-state index contributed by atoms with van der Waals surface area (Å²) in [6.45, 7) is 12.5. The summed E-state index contributed by atoms with van der Waals surface area (Å²) in [6, 6.07) is 0. The van der Waals surface area contributed by atoms with E-state index in [-0.39, 0.29) is 34.6 Å². The Balaban J connectivity index is -0.000000210. The molecule has 0 aliphatic rings. The molecule has 0 amide bonds. The van der Waals surface area contributed by atoms with E-state index in [4.69, 9.17) is 0 Å². The Labute approximate surface area is 312 Å². The number of carboxylic acid groups (broad SMARTS) is 2. The van der Waals surface area contributed by atoms with E-state index in [1.54, 1.807) is 0 Å². The van der Waals surface area contributed by atoms with Crippen LogP contribution in [0.3, 0.4) is 0 Å². The Hall–Kier alpha value is -0.346. The summed E-state index contributed by atoms with van der Waals surface area (Å²) in [4.78, 5) is 20.4. The zero-order valence-electron chi connectivity index (χ0n) is 32.9. The van der Waals surface area contributed by atoms with Crippen LogP contribution >= 0.6 is 0 Å². The van der Waals surface area contributed by atoms with E-state index < -0.39 is 11.9 Å². The first-order valence-corrected chi connectivity index (χ1v) is 20.2. The van der Waals surface area contributed by atoms with E-state index in [1.807, 2.05) is 40.5 Å². The molecule has 0 rings (SSSR count). The molecule has 0 bridgehead atoms. The largest absolute Gasteiger partial charge is 4.00 e. The van der Waals surface area contributed by atoms with Crippen molar-refractivity contribution in [2.75, 3.05) is 0 Å². The van der Waals surface area contributed by atoms with Crippen molar-refractivity contribution in [1.82, 2.24) is 0 Å². The molecule has 5 heteroatoms. The van der Waals surface area contributed by atoms with Crippen LogP contribution in [0.1, 0.15) is 247 Å². The number of carbonyl (C=O) groups is 2. The van der Waals surface area contributed by atoms with Crippen LogP contribution in [0.25, 0.3) is 0 Å². The molecule has 0 fully saturated rings. The molecule has 0 aliphatic carbocycles. The first-order chi connectivity index (χ1) is 22.4. The number of hydrogen-bond acceptors (Lipinski definition) is 4. The van der Waals surface area contributed by atoms with E-state index in [9.17, 15) is 19.8 Å². The zero-order chi connectivity index (χ0) is 35.2. The summed E-state index contributed by atoms with van der Waals surface area (Å²) in [5, 5.41) is 20.4. The van der Waals surface area contributed by atoms with Gasteiger partial charge in [0, 0.05) is 11.9 Å². The third-order valence-corrected chi connectivity index (χ3v) is 7.97. The van der Waals surface area contributed by atoms with Crippen molar-refractivity contribution in [3.05, 3.63) is 12.8 Å². The molecule has 0 aromatic heterocycles. The van der Waals surface area contributed by atoms with Gasteiger partial charge in [0.05, 0.1) is 0 Å². The van der Waals surface area contributed by atoms with Gasteiger partial charge >= 0.3 is 21.7 Å². The van der Waals surface area contributed by atoms with Crippen molar-refractivity contribution in [2.24, 2.45) is 0 Å². The smallest absolute Gasteiger partial charge is 0.550 e. The van der Waals surface area contributed by atoms with Crippen LogP contribution in [0.15, 0.2) is 0 Å². The minimum Gasteiger partial charge on any atom is -0.550 e. The Morgan fingerprint density at radius 2 is 0.468 bits per heavy atom. The van der Waals surface area contributed by atoms with Gasteiger partial charge in [-0.05, 0) is 25.7 Å². The van der Waals surface area contributed by atoms with E-state index >= 15 is 0 Å². The number of hydrogen-bond donors (Lipinski definition) is 0. The molecule has 0 aromatic rings. The minimum atomic E-state index is -0.903. The van der Waals surface area contributed by atoms with Gasteiger partial charge in [-0.25, -0.2) is 0 Å². The maximum atomic E-state index is 10.2. The molecule has 0 atom stereocenters. The van der Waals surface area contributed by atoms with E-state index in [1.165, 1.54) is 167 Å². The van der Waals surface area contributed by atoms with Gasteiger partial charge in [-0.1, -0.05) is 194 Å². The van der Waals surface area contributed by atoms with Crippen molar-refractivity contribution < 1.29 is 41.5 Å². The summed E-state index contributed by atoms with van der Waals surface area (Å²) >= 11 is 0. The Morgan fingerprint density at radius 1 is 0.340 bits per heavy atom. The zero-order valence-corrected chi connectivity index (χ0v) is 34.5. The predicted octanol–water partition coefficient (Wildman–Crippen LogP) is 12.5. The maximum Gasteiger partial charge on any atom is 4.00 e. The molecule has 0 unspecified atom stereocenters. The van der Waals surface area contributed by atoms with Crippen LogP contribution in [0, 0.1) is 12.8 Å². The first-order valence-electron chi connectivity index (χ1n) is 20.2. The number of unbranched alkanes of at least 4 members (excludes halogenated alkanes) is 28. The van der Waals surface area contributed by atoms with Gasteiger partial charge in [0.2, 0.25) is 0 Å². The number of aliphatic carboxylic acids is 2. The minimum absolute atomic E-state index is 0. The second-order valence-corrected chi connectivity index (χ2v) is 13.3. The summed E-state index contributed by atoms with van der Waals surface area (Å²) in [6.07, 6.45) is 43.7. The Morgan fingerprint density at radius 3 is 0.596 bits per heavy atom. The summed E-state index contributed by atoms with van der Waals surface area (Å²) in [5.41, 5.74) is 0. The summed E-state index contributed by atoms with van der Waals surface area (Å²) in [5.74, 6) is -1.81. The first kappa shape index (κ1) is 56.0. The molecule has 0 aromatic carbocycles. The topological polar surface area (TPSA) is 80.3 Å². The molecular formula is C42H84O4Ti. The van der Waals surface area contributed by atoms with Crippen LogP contribution in [-0.4, -0.2) is 11.9 Å². The monoisotopic (exact) mass is 701 g/mol. The van der Waals surface area contributed by atoms with E-state index in [0.29, 0.717) is 0 Å². The molecule has 0 spiro atoms. The van der Waals surface area contributed by atoms with Crippen LogP contribution < -0.4 is 10.2 Å². The fourth-order valence-corrected chi connectivity index (χ4v) is 5.28. The predicted molar refractivity (Wildman–Crippen MR) is 200 cm³/mol. The molecule has 0 saturated carbocycles. The Kier molecular flexibility index (Phi) is 69.0. The molecule has 0 saturated heterocycles. The average molecular weight is 701 g/mol. The van der Waals surface area contributed by atoms with Gasteiger partial charge in [-0.15, -0.1) is 0 Å². The Bertz CT molecular complexity index is 481. The second-order valence-electron chi connectivity index (χ2n) is 13.3. The molecule has 0 radical (unpaired) electrons. The van der Waals surface area contributed by atoms with E-state index in [0.717, 1.165) is 25.7 Å². The van der Waals surface area contributed by atoms with E-state index in [2.05, 4.69) is 13.8 Å². The SMILES string of the molecule is CCCCCCCCCCCCCCCCCC(=O)[O-].CCCCCCCCCCCCCCCCCC(=O)[O-].C[CH-]C.C[CH-]C.[Ti+4]. The van der Waals surface area contributed by atoms with Crippen molar-refractivity contribution in [3.8, 4) is 0 Å². The maximum absolute atomic E-state index is 10.2. The molecule has 0 heterocycles. The van der Waals surface area contributed by atoms with Gasteiger partial charge in [0.25, 0.3) is 0 Å². The van der Waals surface area contributed by atoms with Crippen LogP contribution in [0.4, 0.5) is 0 Å². The van der Waals surface area contributed by atoms with Crippen LogP contribution in [-0.2, 0) is 31.3 Å². The normalized spacial score (nSPS) is 10.0. The standard InChI is InChI=1S/2C18H36O2.2C3H7.Ti/c2*1-2-3-4-5-6-7-8-9-10-11-12-13-14-15-16-17-18(19)20;2*1-3-2;/h2*2-17H2,1H3,(H,19,20);2*3H,1-2H3;/q;;2*-1;+4/p-2. The van der Waals surface area contributed by atoms with Gasteiger partial charge < -0.3 is 32.6 Å². The summed E-state index contributed by atoms with van der Waals surface area (Å²) in [7, 11) is 0. The van der Waals surface area contributed by atoms with Gasteiger partial charge in [0.15, 0.2) is 0 Å². The number of carboxylic acids is 2. The molecule has 47 heavy (non-hydrogen) atoms. The fourth-order valence-electron chi connectivity index (χ4n) is 5.28. The average Bonchev–Trinajstić information content (AvgIpc) is 3.02. The molecule has 4 nitrogen and oxygen atoms in total. The quantitative estimate of drug-likeness (QED) is 0.0397. The van der Waals surface area contributed by atoms with Crippen molar-refractivity contribution >= 4 is 11.9 Å². The van der Waals surface area contributed by atoms with Gasteiger partial charge in [0.1, 0.15) is 0 Å². The third-order valence-electron chi connectivity index (χ3n) is 7.97. The van der Waals surface area contributed by atoms with Crippen molar-refractivity contribution in [2.45, 2.75) is 247 Å².